The predicted octanol–water partition coefficient (Wildman–Crippen LogP) is 1.90. The molecule has 5 rings (SSSR count). The molecule has 0 spiro atoms. The van der Waals surface area contributed by atoms with Crippen molar-refractivity contribution in [2.45, 2.75) is 12.8 Å². The van der Waals surface area contributed by atoms with Crippen LogP contribution < -0.4 is 10.6 Å². The molecule has 12 nitrogen and oxygen atoms in total. The van der Waals surface area contributed by atoms with E-state index in [2.05, 4.69) is 20.8 Å². The van der Waals surface area contributed by atoms with Gasteiger partial charge in [0, 0.05) is 47.4 Å². The summed E-state index contributed by atoms with van der Waals surface area (Å²) in [5.41, 5.74) is 1.37. The molecule has 3 aliphatic rings. The Hall–Kier alpha value is -3.98. The van der Waals surface area contributed by atoms with E-state index in [1.165, 1.54) is 0 Å². The number of thiocarbonyl (C=S) groups is 2. The minimum atomic E-state index is -0.541. The molecule has 0 radical (unpaired) electrons. The average molecular weight is 646 g/mol. The topological polar surface area (TPSA) is 130 Å². The molecule has 2 aromatic carbocycles. The molecular formula is C26H22Cl2N8O4S2. The van der Waals surface area contributed by atoms with Crippen molar-refractivity contribution in [3.63, 3.8) is 0 Å². The van der Waals surface area contributed by atoms with E-state index in [0.29, 0.717) is 59.0 Å². The molecule has 0 saturated carbocycles. The second kappa shape index (κ2) is 12.5. The van der Waals surface area contributed by atoms with Gasteiger partial charge in [-0.3, -0.25) is 19.2 Å². The van der Waals surface area contributed by atoms with Crippen LogP contribution in [-0.4, -0.2) is 91.5 Å². The number of amides is 4. The van der Waals surface area contributed by atoms with E-state index in [1.807, 2.05) is 9.80 Å². The summed E-state index contributed by atoms with van der Waals surface area (Å²) in [5, 5.41) is 17.0. The van der Waals surface area contributed by atoms with Gasteiger partial charge < -0.3 is 20.4 Å². The lowest BCUT2D eigenvalue weighted by Crippen LogP contribution is -2.54. The standard InChI is InChI=1S/C26H22Cl2N8O4S2/c27-17-5-1-15(2-6-17)23(31-35-21(39)13-19(37)29-25(35)41)33-9-11-34(12-10-33)24(16-3-7-18(28)8-4-16)32-36-22(40)14-20(38)30-26(36)42/h1-8H,9-14H2,(H,29,37,41)(H,30,38,42)/b31-23+,32-24+. The van der Waals surface area contributed by atoms with E-state index in [0.717, 1.165) is 10.0 Å². The molecule has 3 fully saturated rings. The maximum absolute atomic E-state index is 12.6. The van der Waals surface area contributed by atoms with E-state index < -0.39 is 23.6 Å². The van der Waals surface area contributed by atoms with Crippen LogP contribution in [0.2, 0.25) is 10.0 Å². The van der Waals surface area contributed by atoms with Gasteiger partial charge in [0.15, 0.2) is 11.7 Å². The third-order valence-electron chi connectivity index (χ3n) is 6.45. The first-order valence-corrected chi connectivity index (χ1v) is 14.2. The second-order valence-electron chi connectivity index (χ2n) is 9.31. The van der Waals surface area contributed by atoms with Gasteiger partial charge in [0.25, 0.3) is 11.8 Å². The van der Waals surface area contributed by atoms with Crippen LogP contribution in [0.5, 0.6) is 0 Å². The predicted molar refractivity (Wildman–Crippen MR) is 164 cm³/mol. The van der Waals surface area contributed by atoms with Crippen molar-refractivity contribution in [1.29, 1.82) is 0 Å². The van der Waals surface area contributed by atoms with Gasteiger partial charge in [0.1, 0.15) is 12.8 Å². The fourth-order valence-corrected chi connectivity index (χ4v) is 5.18. The van der Waals surface area contributed by atoms with Crippen LogP contribution in [0.3, 0.4) is 0 Å². The van der Waals surface area contributed by atoms with Crippen LogP contribution in [0.15, 0.2) is 58.7 Å². The van der Waals surface area contributed by atoms with Crippen LogP contribution in [-0.2, 0) is 19.2 Å². The molecule has 16 heteroatoms. The number of hydrogen-bond donors (Lipinski definition) is 2. The fourth-order valence-electron chi connectivity index (χ4n) is 4.41. The minimum absolute atomic E-state index is 0.104. The summed E-state index contributed by atoms with van der Waals surface area (Å²) in [7, 11) is 0. The Morgan fingerprint density at radius 2 is 0.952 bits per heavy atom. The number of carbonyl (C=O) groups is 4. The molecule has 0 aromatic heterocycles. The Balaban J connectivity index is 1.44. The van der Waals surface area contributed by atoms with Gasteiger partial charge in [-0.05, 0) is 73.0 Å². The second-order valence-corrected chi connectivity index (χ2v) is 11.0. The van der Waals surface area contributed by atoms with Gasteiger partial charge >= 0.3 is 0 Å². The Labute approximate surface area is 260 Å². The first-order valence-electron chi connectivity index (χ1n) is 12.6. The zero-order valence-corrected chi connectivity index (χ0v) is 24.9. The summed E-state index contributed by atoms with van der Waals surface area (Å²) in [5.74, 6) is -1.14. The Morgan fingerprint density at radius 3 is 1.26 bits per heavy atom. The van der Waals surface area contributed by atoms with Gasteiger partial charge in [-0.15, -0.1) is 10.2 Å². The summed E-state index contributed by atoms with van der Waals surface area (Å²) in [6, 6.07) is 14.0. The summed E-state index contributed by atoms with van der Waals surface area (Å²) >= 11 is 22.7. The number of hydrogen-bond acceptors (Lipinski definition) is 8. The van der Waals surface area contributed by atoms with Crippen molar-refractivity contribution in [1.82, 2.24) is 30.5 Å². The normalized spacial score (nSPS) is 18.9. The number of hydrazone groups is 2. The number of piperazine rings is 1. The first-order chi connectivity index (χ1) is 20.1. The van der Waals surface area contributed by atoms with E-state index >= 15 is 0 Å². The van der Waals surface area contributed by atoms with Crippen molar-refractivity contribution < 1.29 is 19.2 Å². The number of halogens is 2. The highest BCUT2D eigenvalue weighted by Crippen LogP contribution is 2.19. The third kappa shape index (κ3) is 6.57. The molecule has 2 N–H and O–H groups in total. The molecule has 3 aliphatic heterocycles. The Kier molecular flexibility index (Phi) is 8.77. The summed E-state index contributed by atoms with van der Waals surface area (Å²) in [6.07, 6.45) is -0.743. The smallest absolute Gasteiger partial charge is 0.258 e. The van der Waals surface area contributed by atoms with Crippen LogP contribution in [0, 0.1) is 0 Å². The number of carbonyl (C=O) groups excluding carboxylic acids is 4. The lowest BCUT2D eigenvalue weighted by Gasteiger charge is -2.39. The van der Waals surface area contributed by atoms with Crippen molar-refractivity contribution >= 4 is 93.2 Å². The monoisotopic (exact) mass is 644 g/mol. The molecule has 2 aromatic rings. The zero-order valence-electron chi connectivity index (χ0n) is 21.8. The molecule has 0 bridgehead atoms. The summed E-state index contributed by atoms with van der Waals surface area (Å²) in [4.78, 5) is 52.7. The molecule has 42 heavy (non-hydrogen) atoms. The van der Waals surface area contributed by atoms with Crippen molar-refractivity contribution in [3.8, 4) is 0 Å². The fraction of sp³-hybridized carbons (Fsp3) is 0.231. The number of rotatable bonds is 4. The van der Waals surface area contributed by atoms with E-state index in [9.17, 15) is 19.2 Å². The Bertz CT molecular complexity index is 1380. The average Bonchev–Trinajstić information content (AvgIpc) is 2.94. The highest BCUT2D eigenvalue weighted by Gasteiger charge is 2.33. The molecule has 216 valence electrons. The lowest BCUT2D eigenvalue weighted by atomic mass is 10.1. The van der Waals surface area contributed by atoms with Gasteiger partial charge in [0.05, 0.1) is 0 Å². The van der Waals surface area contributed by atoms with E-state index in [-0.39, 0.29) is 23.1 Å². The molecule has 0 aliphatic carbocycles. The van der Waals surface area contributed by atoms with Crippen molar-refractivity contribution in [2.24, 2.45) is 10.2 Å². The number of amidine groups is 2. The van der Waals surface area contributed by atoms with Crippen LogP contribution in [0.4, 0.5) is 0 Å². The molecule has 0 atom stereocenters. The van der Waals surface area contributed by atoms with E-state index in [1.54, 1.807) is 48.5 Å². The van der Waals surface area contributed by atoms with Gasteiger partial charge in [-0.25, -0.2) is 0 Å². The lowest BCUT2D eigenvalue weighted by molar-refractivity contribution is -0.136. The minimum Gasteiger partial charge on any atom is -0.351 e. The third-order valence-corrected chi connectivity index (χ3v) is 7.50. The summed E-state index contributed by atoms with van der Waals surface area (Å²) in [6.45, 7) is 1.74. The summed E-state index contributed by atoms with van der Waals surface area (Å²) < 4.78 is 0. The van der Waals surface area contributed by atoms with Gasteiger partial charge in [0.2, 0.25) is 22.0 Å². The van der Waals surface area contributed by atoms with Crippen LogP contribution >= 0.6 is 47.6 Å². The van der Waals surface area contributed by atoms with Crippen LogP contribution in [0.25, 0.3) is 0 Å². The quantitative estimate of drug-likeness (QED) is 0.223. The molecule has 3 heterocycles. The zero-order chi connectivity index (χ0) is 30.0. The molecule has 0 unspecified atom stereocenters. The van der Waals surface area contributed by atoms with Crippen LogP contribution in [0.1, 0.15) is 24.0 Å². The largest absolute Gasteiger partial charge is 0.351 e. The Morgan fingerprint density at radius 1 is 0.619 bits per heavy atom. The maximum Gasteiger partial charge on any atom is 0.258 e. The SMILES string of the molecule is O=C1CC(=O)N(/N=C(\c2ccc(Cl)cc2)N2CCN(/C(=N/N3C(=O)CC(=O)NC3=S)c3ccc(Cl)cc3)CC2)C(=S)N1. The van der Waals surface area contributed by atoms with E-state index in [4.69, 9.17) is 47.6 Å². The molecular weight excluding hydrogens is 623 g/mol. The number of benzene rings is 2. The number of nitrogens with zero attached hydrogens (tertiary/aromatic N) is 6. The molecule has 4 amide bonds. The van der Waals surface area contributed by atoms with Gasteiger partial charge in [-0.2, -0.15) is 10.0 Å². The van der Waals surface area contributed by atoms with Crippen molar-refractivity contribution in [2.75, 3.05) is 26.2 Å². The molecule has 3 saturated heterocycles. The highest BCUT2D eigenvalue weighted by molar-refractivity contribution is 7.80. The number of nitrogens with one attached hydrogen (secondary N) is 2. The highest BCUT2D eigenvalue weighted by atomic mass is 35.5. The maximum atomic E-state index is 12.6. The van der Waals surface area contributed by atoms with Crippen molar-refractivity contribution in [3.05, 3.63) is 69.7 Å². The first kappa shape index (κ1) is 29.5. The van der Waals surface area contributed by atoms with Gasteiger partial charge in [-0.1, -0.05) is 23.2 Å².